The molecule has 99 valence electrons. The average Bonchev–Trinajstić information content (AvgIpc) is 2.28. The molecule has 0 saturated heterocycles. The number of hydrogen-bond acceptors (Lipinski definition) is 2. The monoisotopic (exact) mass is 309 g/mol. The van der Waals surface area contributed by atoms with Gasteiger partial charge in [0, 0.05) is 12.4 Å². The molecule has 0 fully saturated rings. The van der Waals surface area contributed by atoms with Gasteiger partial charge in [0.05, 0.1) is 21.2 Å². The van der Waals surface area contributed by atoms with Crippen molar-refractivity contribution < 1.29 is 17.6 Å². The van der Waals surface area contributed by atoms with Crippen molar-refractivity contribution in [1.82, 2.24) is 9.97 Å². The Hall–Kier alpha value is -1.40. The molecule has 2 heterocycles. The van der Waals surface area contributed by atoms with Crippen LogP contribution in [0.25, 0.3) is 11.3 Å². The van der Waals surface area contributed by atoms with E-state index in [1.807, 2.05) is 0 Å². The highest BCUT2D eigenvalue weighted by molar-refractivity contribution is 6.34. The maximum atomic E-state index is 13.6. The van der Waals surface area contributed by atoms with E-state index in [0.717, 1.165) is 12.3 Å². The highest BCUT2D eigenvalue weighted by atomic mass is 35.5. The van der Waals surface area contributed by atoms with Crippen molar-refractivity contribution >= 4 is 23.2 Å². The van der Waals surface area contributed by atoms with E-state index in [1.165, 1.54) is 0 Å². The fourth-order valence-corrected chi connectivity index (χ4v) is 1.79. The molecule has 0 atom stereocenters. The number of alkyl halides is 3. The molecular weight excluding hydrogens is 307 g/mol. The van der Waals surface area contributed by atoms with Gasteiger partial charge in [0.15, 0.2) is 5.82 Å². The summed E-state index contributed by atoms with van der Waals surface area (Å²) >= 11 is 11.1. The van der Waals surface area contributed by atoms with E-state index in [4.69, 9.17) is 23.2 Å². The lowest BCUT2D eigenvalue weighted by Gasteiger charge is -2.11. The number of hydrogen-bond donors (Lipinski definition) is 0. The summed E-state index contributed by atoms with van der Waals surface area (Å²) in [6.45, 7) is 0. The zero-order valence-electron chi connectivity index (χ0n) is 8.89. The topological polar surface area (TPSA) is 25.8 Å². The van der Waals surface area contributed by atoms with Gasteiger partial charge in [0.25, 0.3) is 0 Å². The summed E-state index contributed by atoms with van der Waals surface area (Å²) in [6, 6.07) is 0.911. The number of nitrogens with zero attached hydrogens (tertiary/aromatic N) is 2. The minimum absolute atomic E-state index is 0.0114. The van der Waals surface area contributed by atoms with Gasteiger partial charge < -0.3 is 0 Å². The van der Waals surface area contributed by atoms with Crippen LogP contribution in [0.1, 0.15) is 5.56 Å². The van der Waals surface area contributed by atoms with Gasteiger partial charge in [-0.3, -0.25) is 9.97 Å². The normalized spacial score (nSPS) is 11.7. The summed E-state index contributed by atoms with van der Waals surface area (Å²) < 4.78 is 51.5. The molecule has 0 aliphatic carbocycles. The minimum Gasteiger partial charge on any atom is -0.253 e. The maximum Gasteiger partial charge on any atom is 0.419 e. The van der Waals surface area contributed by atoms with E-state index in [9.17, 15) is 17.6 Å². The van der Waals surface area contributed by atoms with Gasteiger partial charge in [-0.2, -0.15) is 13.2 Å². The van der Waals surface area contributed by atoms with Crippen LogP contribution >= 0.6 is 23.2 Å². The number of aromatic nitrogens is 2. The van der Waals surface area contributed by atoms with E-state index in [2.05, 4.69) is 16.2 Å². The number of rotatable bonds is 1. The van der Waals surface area contributed by atoms with Gasteiger partial charge in [-0.25, -0.2) is 4.39 Å². The Kier molecular flexibility index (Phi) is 3.64. The van der Waals surface area contributed by atoms with Crippen LogP contribution in [-0.4, -0.2) is 9.97 Å². The first-order valence-electron chi connectivity index (χ1n) is 4.75. The third-order valence-electron chi connectivity index (χ3n) is 2.18. The van der Waals surface area contributed by atoms with Crippen LogP contribution in [0.2, 0.25) is 10.0 Å². The van der Waals surface area contributed by atoms with Crippen LogP contribution in [0.15, 0.2) is 18.5 Å². The Bertz CT molecular complexity index is 629. The minimum atomic E-state index is -4.70. The van der Waals surface area contributed by atoms with Gasteiger partial charge in [-0.05, 0) is 6.07 Å². The molecular formula is C11H3Cl2F4N2. The molecule has 0 N–H and O–H groups in total. The SMILES string of the molecule is Fc1cc(Cl)cnc1-c1[c]ncc(C(F)(F)F)c1Cl. The zero-order valence-corrected chi connectivity index (χ0v) is 10.4. The molecule has 0 aromatic carbocycles. The Morgan fingerprint density at radius 3 is 2.42 bits per heavy atom. The third kappa shape index (κ3) is 2.79. The second-order valence-electron chi connectivity index (χ2n) is 3.45. The molecule has 2 aromatic heterocycles. The summed E-state index contributed by atoms with van der Waals surface area (Å²) in [6.07, 6.45) is -0.898. The predicted octanol–water partition coefficient (Wildman–Crippen LogP) is 4.41. The first kappa shape index (κ1) is 14.0. The summed E-state index contributed by atoms with van der Waals surface area (Å²) in [5, 5.41) is -0.700. The molecule has 1 radical (unpaired) electrons. The highest BCUT2D eigenvalue weighted by Gasteiger charge is 2.35. The van der Waals surface area contributed by atoms with Crippen molar-refractivity contribution in [2.45, 2.75) is 6.18 Å². The molecule has 2 aromatic rings. The summed E-state index contributed by atoms with van der Waals surface area (Å²) in [5.41, 5.74) is -1.95. The molecule has 0 bridgehead atoms. The van der Waals surface area contributed by atoms with E-state index < -0.39 is 28.3 Å². The highest BCUT2D eigenvalue weighted by Crippen LogP contribution is 2.38. The van der Waals surface area contributed by atoms with Crippen LogP contribution in [-0.2, 0) is 6.18 Å². The Labute approximate surface area is 115 Å². The van der Waals surface area contributed by atoms with Crippen molar-refractivity contribution in [1.29, 1.82) is 0 Å². The fourth-order valence-electron chi connectivity index (χ4n) is 1.35. The summed E-state index contributed by atoms with van der Waals surface area (Å²) in [5.74, 6) is -0.910. The van der Waals surface area contributed by atoms with E-state index in [0.29, 0.717) is 6.20 Å². The lowest BCUT2D eigenvalue weighted by molar-refractivity contribution is -0.137. The second kappa shape index (κ2) is 4.94. The molecule has 2 rings (SSSR count). The van der Waals surface area contributed by atoms with Gasteiger partial charge >= 0.3 is 6.18 Å². The summed E-state index contributed by atoms with van der Waals surface area (Å²) in [4.78, 5) is 6.88. The van der Waals surface area contributed by atoms with E-state index in [-0.39, 0.29) is 10.6 Å². The van der Waals surface area contributed by atoms with E-state index in [1.54, 1.807) is 0 Å². The van der Waals surface area contributed by atoms with Crippen LogP contribution in [0.5, 0.6) is 0 Å². The largest absolute Gasteiger partial charge is 0.419 e. The van der Waals surface area contributed by atoms with Crippen LogP contribution in [0.3, 0.4) is 0 Å². The molecule has 0 aliphatic heterocycles. The molecule has 0 unspecified atom stereocenters. The van der Waals surface area contributed by atoms with Gasteiger partial charge in [-0.15, -0.1) is 0 Å². The lowest BCUT2D eigenvalue weighted by Crippen LogP contribution is -2.07. The quantitative estimate of drug-likeness (QED) is 0.729. The standard InChI is InChI=1S/C11H3Cl2F4N2/c12-5-1-8(14)10(19-2-5)6-3-18-4-7(9(6)13)11(15,16)17/h1-2,4H. The molecule has 2 nitrogen and oxygen atoms in total. The average molecular weight is 310 g/mol. The molecule has 0 saturated carbocycles. The lowest BCUT2D eigenvalue weighted by atomic mass is 10.1. The molecule has 0 aliphatic rings. The molecule has 8 heteroatoms. The maximum absolute atomic E-state index is 13.6. The predicted molar refractivity (Wildman–Crippen MR) is 61.3 cm³/mol. The van der Waals surface area contributed by atoms with Crippen molar-refractivity contribution in [2.24, 2.45) is 0 Å². The van der Waals surface area contributed by atoms with Crippen molar-refractivity contribution in [3.8, 4) is 11.3 Å². The Balaban J connectivity index is 2.64. The smallest absolute Gasteiger partial charge is 0.253 e. The summed E-state index contributed by atoms with van der Waals surface area (Å²) in [7, 11) is 0. The van der Waals surface area contributed by atoms with Crippen molar-refractivity contribution in [3.63, 3.8) is 0 Å². The fraction of sp³-hybridized carbons (Fsp3) is 0.0909. The van der Waals surface area contributed by atoms with Gasteiger partial charge in [0.2, 0.25) is 0 Å². The second-order valence-corrected chi connectivity index (χ2v) is 4.27. The van der Waals surface area contributed by atoms with Gasteiger partial charge in [0.1, 0.15) is 11.9 Å². The van der Waals surface area contributed by atoms with Crippen molar-refractivity contribution in [3.05, 3.63) is 46.1 Å². The van der Waals surface area contributed by atoms with Gasteiger partial charge in [-0.1, -0.05) is 23.2 Å². The van der Waals surface area contributed by atoms with Crippen LogP contribution in [0.4, 0.5) is 17.6 Å². The Morgan fingerprint density at radius 2 is 1.84 bits per heavy atom. The van der Waals surface area contributed by atoms with Crippen molar-refractivity contribution in [2.75, 3.05) is 0 Å². The van der Waals surface area contributed by atoms with Crippen LogP contribution < -0.4 is 0 Å². The Morgan fingerprint density at radius 1 is 1.16 bits per heavy atom. The molecule has 19 heavy (non-hydrogen) atoms. The van der Waals surface area contributed by atoms with Crippen LogP contribution in [0, 0.1) is 12.0 Å². The number of halogens is 6. The number of pyridine rings is 2. The van der Waals surface area contributed by atoms with E-state index >= 15 is 0 Å². The molecule has 0 amide bonds. The first-order valence-corrected chi connectivity index (χ1v) is 5.51. The third-order valence-corrected chi connectivity index (χ3v) is 2.78. The zero-order chi connectivity index (χ0) is 14.2. The first-order chi connectivity index (χ1) is 8.80. The molecule has 0 spiro atoms.